The number of fused-ring (bicyclic) bond motifs is 1. The lowest BCUT2D eigenvalue weighted by atomic mass is 9.99. The molecule has 0 unspecified atom stereocenters. The first-order valence-corrected chi connectivity index (χ1v) is 6.20. The number of carbonyl (C=O) groups excluding carboxylic acids is 1. The highest BCUT2D eigenvalue weighted by molar-refractivity contribution is 6.16. The van der Waals surface area contributed by atoms with Crippen LogP contribution in [-0.4, -0.2) is 10.8 Å². The fourth-order valence-corrected chi connectivity index (χ4v) is 2.24. The molecule has 0 aliphatic heterocycles. The molecule has 2 aromatic carbocycles. The summed E-state index contributed by atoms with van der Waals surface area (Å²) >= 11 is 0. The van der Waals surface area contributed by atoms with Crippen LogP contribution in [0.25, 0.3) is 10.8 Å². The van der Waals surface area contributed by atoms with Crippen molar-refractivity contribution < 1.29 is 4.79 Å². The topological polar surface area (TPSA) is 30.0 Å². The third kappa shape index (κ3) is 2.13. The van der Waals surface area contributed by atoms with Gasteiger partial charge in [0.05, 0.1) is 0 Å². The van der Waals surface area contributed by atoms with E-state index >= 15 is 0 Å². The monoisotopic (exact) mass is 247 g/mol. The molecule has 19 heavy (non-hydrogen) atoms. The Morgan fingerprint density at radius 1 is 1.00 bits per heavy atom. The molecule has 0 saturated heterocycles. The Morgan fingerprint density at radius 2 is 1.84 bits per heavy atom. The highest BCUT2D eigenvalue weighted by Gasteiger charge is 2.12. The predicted octanol–water partition coefficient (Wildman–Crippen LogP) is 3.77. The van der Waals surface area contributed by atoms with Crippen LogP contribution in [0.4, 0.5) is 0 Å². The first-order chi connectivity index (χ1) is 9.25. The van der Waals surface area contributed by atoms with Gasteiger partial charge in [-0.3, -0.25) is 9.78 Å². The van der Waals surface area contributed by atoms with Gasteiger partial charge in [-0.2, -0.15) is 0 Å². The maximum atomic E-state index is 12.6. The van der Waals surface area contributed by atoms with Gasteiger partial charge in [0.25, 0.3) is 0 Å². The lowest BCUT2D eigenvalue weighted by molar-refractivity contribution is 0.104. The molecular formula is C17H13NO. The van der Waals surface area contributed by atoms with Gasteiger partial charge < -0.3 is 0 Å². The molecular weight excluding hydrogens is 234 g/mol. The van der Waals surface area contributed by atoms with E-state index < -0.39 is 0 Å². The van der Waals surface area contributed by atoms with Crippen LogP contribution in [0.1, 0.15) is 21.5 Å². The van der Waals surface area contributed by atoms with Crippen molar-refractivity contribution in [1.29, 1.82) is 0 Å². The molecule has 0 aliphatic rings. The zero-order chi connectivity index (χ0) is 13.2. The quantitative estimate of drug-likeness (QED) is 0.645. The lowest BCUT2D eigenvalue weighted by Crippen LogP contribution is -2.03. The van der Waals surface area contributed by atoms with E-state index in [-0.39, 0.29) is 5.78 Å². The van der Waals surface area contributed by atoms with Crippen LogP contribution < -0.4 is 0 Å². The van der Waals surface area contributed by atoms with Crippen LogP contribution in [0.5, 0.6) is 0 Å². The molecule has 0 radical (unpaired) electrons. The largest absolute Gasteiger partial charge is 0.289 e. The number of aryl methyl sites for hydroxylation is 1. The van der Waals surface area contributed by atoms with Crippen LogP contribution in [0.3, 0.4) is 0 Å². The number of nitrogens with zero attached hydrogens (tertiary/aromatic N) is 1. The molecule has 0 aliphatic carbocycles. The summed E-state index contributed by atoms with van der Waals surface area (Å²) in [6.07, 6.45) is 3.43. The number of hydrogen-bond donors (Lipinski definition) is 0. The Balaban J connectivity index is 2.17. The second-order valence-electron chi connectivity index (χ2n) is 4.61. The summed E-state index contributed by atoms with van der Waals surface area (Å²) in [7, 11) is 0. The predicted molar refractivity (Wildman–Crippen MR) is 76.4 cm³/mol. The van der Waals surface area contributed by atoms with Crippen LogP contribution in [0, 0.1) is 6.92 Å². The van der Waals surface area contributed by atoms with E-state index in [1.807, 2.05) is 55.5 Å². The number of aromatic nitrogens is 1. The van der Waals surface area contributed by atoms with Gasteiger partial charge in [0.15, 0.2) is 5.78 Å². The van der Waals surface area contributed by atoms with E-state index in [2.05, 4.69) is 4.98 Å². The van der Waals surface area contributed by atoms with Crippen molar-refractivity contribution in [3.8, 4) is 0 Å². The lowest BCUT2D eigenvalue weighted by Gasteiger charge is -2.05. The molecule has 92 valence electrons. The third-order valence-corrected chi connectivity index (χ3v) is 3.19. The van der Waals surface area contributed by atoms with Gasteiger partial charge in [-0.05, 0) is 18.4 Å². The Kier molecular flexibility index (Phi) is 2.84. The van der Waals surface area contributed by atoms with Gasteiger partial charge >= 0.3 is 0 Å². The fourth-order valence-electron chi connectivity index (χ4n) is 2.24. The van der Waals surface area contributed by atoms with Crippen molar-refractivity contribution in [3.05, 3.63) is 77.6 Å². The number of carbonyl (C=O) groups is 1. The molecule has 2 nitrogen and oxygen atoms in total. The van der Waals surface area contributed by atoms with E-state index in [1.165, 1.54) is 0 Å². The van der Waals surface area contributed by atoms with Gasteiger partial charge in [0.1, 0.15) is 0 Å². The third-order valence-electron chi connectivity index (χ3n) is 3.19. The summed E-state index contributed by atoms with van der Waals surface area (Å²) in [6.45, 7) is 1.98. The summed E-state index contributed by atoms with van der Waals surface area (Å²) in [5, 5.41) is 1.94. The van der Waals surface area contributed by atoms with Crippen molar-refractivity contribution in [2.75, 3.05) is 0 Å². The zero-order valence-corrected chi connectivity index (χ0v) is 10.6. The number of ketones is 1. The normalized spacial score (nSPS) is 10.6. The molecule has 0 fully saturated rings. The van der Waals surface area contributed by atoms with Gasteiger partial charge in [0.2, 0.25) is 0 Å². The summed E-state index contributed by atoms with van der Waals surface area (Å²) in [4.78, 5) is 16.7. The number of benzene rings is 2. The molecule has 0 amide bonds. The van der Waals surface area contributed by atoms with Crippen molar-refractivity contribution in [2.24, 2.45) is 0 Å². The fraction of sp³-hybridized carbons (Fsp3) is 0.0588. The minimum atomic E-state index is 0.0213. The molecule has 0 saturated carbocycles. The number of pyridine rings is 1. The molecule has 0 N–H and O–H groups in total. The van der Waals surface area contributed by atoms with Crippen LogP contribution in [-0.2, 0) is 0 Å². The molecule has 3 aromatic rings. The number of rotatable bonds is 2. The molecule has 1 aromatic heterocycles. The van der Waals surface area contributed by atoms with Crippen LogP contribution in [0.15, 0.2) is 60.9 Å². The standard InChI is InChI=1S/C17H13NO/c1-12-5-4-7-13(9-12)17(19)16-11-18-10-14-6-2-3-8-15(14)16/h2-11H,1H3. The maximum absolute atomic E-state index is 12.6. The molecule has 0 atom stereocenters. The van der Waals surface area contributed by atoms with Crippen molar-refractivity contribution >= 4 is 16.6 Å². The summed E-state index contributed by atoms with van der Waals surface area (Å²) in [5.41, 5.74) is 2.45. The minimum Gasteiger partial charge on any atom is -0.289 e. The number of hydrogen-bond acceptors (Lipinski definition) is 2. The van der Waals surface area contributed by atoms with Gasteiger partial charge in [0, 0.05) is 28.9 Å². The Morgan fingerprint density at radius 3 is 2.68 bits per heavy atom. The SMILES string of the molecule is Cc1cccc(C(=O)c2cncc3ccccc23)c1. The van der Waals surface area contributed by atoms with E-state index in [4.69, 9.17) is 0 Å². The van der Waals surface area contributed by atoms with Crippen LogP contribution >= 0.6 is 0 Å². The zero-order valence-electron chi connectivity index (χ0n) is 10.6. The average Bonchev–Trinajstić information content (AvgIpc) is 2.46. The van der Waals surface area contributed by atoms with Gasteiger partial charge in [-0.15, -0.1) is 0 Å². The Labute approximate surface area is 111 Å². The summed E-state index contributed by atoms with van der Waals surface area (Å²) < 4.78 is 0. The second-order valence-corrected chi connectivity index (χ2v) is 4.61. The molecule has 0 spiro atoms. The van der Waals surface area contributed by atoms with Crippen molar-refractivity contribution in [3.63, 3.8) is 0 Å². The first-order valence-electron chi connectivity index (χ1n) is 6.20. The molecule has 2 heteroatoms. The van der Waals surface area contributed by atoms with E-state index in [9.17, 15) is 4.79 Å². The smallest absolute Gasteiger partial charge is 0.195 e. The van der Waals surface area contributed by atoms with Gasteiger partial charge in [-0.25, -0.2) is 0 Å². The van der Waals surface area contributed by atoms with Gasteiger partial charge in [-0.1, -0.05) is 48.0 Å². The van der Waals surface area contributed by atoms with E-state index in [0.29, 0.717) is 11.1 Å². The van der Waals surface area contributed by atoms with E-state index in [1.54, 1.807) is 12.4 Å². The van der Waals surface area contributed by atoms with Crippen molar-refractivity contribution in [2.45, 2.75) is 6.92 Å². The minimum absolute atomic E-state index is 0.0213. The Bertz CT molecular complexity index is 757. The maximum Gasteiger partial charge on any atom is 0.195 e. The first kappa shape index (κ1) is 11.6. The summed E-state index contributed by atoms with van der Waals surface area (Å²) in [5.74, 6) is 0.0213. The average molecular weight is 247 g/mol. The molecule has 1 heterocycles. The van der Waals surface area contributed by atoms with E-state index in [0.717, 1.165) is 16.3 Å². The Hall–Kier alpha value is -2.48. The molecule has 0 bridgehead atoms. The summed E-state index contributed by atoms with van der Waals surface area (Å²) in [6, 6.07) is 15.5. The highest BCUT2D eigenvalue weighted by atomic mass is 16.1. The second kappa shape index (κ2) is 4.65. The van der Waals surface area contributed by atoms with Crippen LogP contribution in [0.2, 0.25) is 0 Å². The highest BCUT2D eigenvalue weighted by Crippen LogP contribution is 2.20. The van der Waals surface area contributed by atoms with Crippen molar-refractivity contribution in [1.82, 2.24) is 4.98 Å². The molecule has 3 rings (SSSR count).